The van der Waals surface area contributed by atoms with Crippen LogP contribution >= 0.6 is 0 Å². The second-order valence-electron chi connectivity index (χ2n) is 9.60. The summed E-state index contributed by atoms with van der Waals surface area (Å²) in [5.74, 6) is -3.37. The van der Waals surface area contributed by atoms with E-state index in [0.29, 0.717) is 5.69 Å². The highest BCUT2D eigenvalue weighted by Gasteiger charge is 2.64. The van der Waals surface area contributed by atoms with Crippen molar-refractivity contribution in [1.82, 2.24) is 4.90 Å². The van der Waals surface area contributed by atoms with E-state index in [9.17, 15) is 29.3 Å². The number of rotatable bonds is 5. The molecule has 3 aliphatic rings. The molecule has 0 aliphatic carbocycles. The van der Waals surface area contributed by atoms with E-state index in [-0.39, 0.29) is 17.0 Å². The van der Waals surface area contributed by atoms with Gasteiger partial charge in [-0.05, 0) is 53.6 Å². The van der Waals surface area contributed by atoms with Crippen molar-refractivity contribution >= 4 is 41.0 Å². The molecule has 10 heteroatoms. The molecule has 0 saturated carbocycles. The Bertz CT molecular complexity index is 1580. The Morgan fingerprint density at radius 1 is 0.897 bits per heavy atom. The van der Waals surface area contributed by atoms with Crippen LogP contribution in [0.2, 0.25) is 0 Å². The number of ketones is 1. The van der Waals surface area contributed by atoms with Gasteiger partial charge in [0.2, 0.25) is 11.8 Å². The van der Waals surface area contributed by atoms with Crippen LogP contribution in [0.25, 0.3) is 6.08 Å². The molecule has 0 radical (unpaired) electrons. The lowest BCUT2D eigenvalue weighted by Crippen LogP contribution is -2.44. The lowest BCUT2D eigenvalue weighted by atomic mass is 9.83. The van der Waals surface area contributed by atoms with E-state index >= 15 is 0 Å². The molecule has 0 bridgehead atoms. The maximum absolute atomic E-state index is 13.9. The number of hydrogen-bond donors (Lipinski definition) is 0. The van der Waals surface area contributed by atoms with Crippen molar-refractivity contribution in [2.24, 2.45) is 11.8 Å². The molecule has 4 atom stereocenters. The van der Waals surface area contributed by atoms with Gasteiger partial charge in [0.1, 0.15) is 11.8 Å². The summed E-state index contributed by atoms with van der Waals surface area (Å²) in [6.45, 7) is 1.27. The van der Waals surface area contributed by atoms with Crippen molar-refractivity contribution in [2.45, 2.75) is 19.0 Å². The number of benzene rings is 3. The molecule has 10 nitrogen and oxygen atoms in total. The SMILES string of the molecule is CC(=O)Oc1ccc(N2C(=O)[C@@H]3[C@@H](C2=O)[C@H]2c4ccccc4C=CN2[C@@H]3C(=O)c2ccc([N+](=O)[O-])cc2)cc1. The van der Waals surface area contributed by atoms with Crippen LogP contribution < -0.4 is 9.64 Å². The van der Waals surface area contributed by atoms with Crippen LogP contribution in [-0.2, 0) is 14.4 Å². The summed E-state index contributed by atoms with van der Waals surface area (Å²) >= 11 is 0. The van der Waals surface area contributed by atoms with Gasteiger partial charge in [-0.2, -0.15) is 0 Å². The van der Waals surface area contributed by atoms with Crippen molar-refractivity contribution in [1.29, 1.82) is 0 Å². The standard InChI is InChI=1S/C29H21N3O7/c1-16(33)39-21-12-10-19(11-13-21)31-28(35)23-24(29(31)36)26(27(34)18-6-8-20(9-7-18)32(37)38)30-15-14-17-4-2-3-5-22(17)25(23)30/h2-15,23-26H,1H3/t23-,24-,25-,26+/m1/s1. The van der Waals surface area contributed by atoms with E-state index in [0.717, 1.165) is 16.0 Å². The topological polar surface area (TPSA) is 127 Å². The van der Waals surface area contributed by atoms with Gasteiger partial charge >= 0.3 is 5.97 Å². The molecule has 0 unspecified atom stereocenters. The number of non-ortho nitro benzene ring substituents is 1. The predicted molar refractivity (Wildman–Crippen MR) is 138 cm³/mol. The summed E-state index contributed by atoms with van der Waals surface area (Å²) in [6.07, 6.45) is 3.60. The molecule has 39 heavy (non-hydrogen) atoms. The maximum atomic E-state index is 13.9. The highest BCUT2D eigenvalue weighted by Crippen LogP contribution is 2.53. The average molecular weight is 524 g/mol. The van der Waals surface area contributed by atoms with Crippen LogP contribution in [-0.4, -0.2) is 39.4 Å². The Balaban J connectivity index is 1.42. The molecule has 0 spiro atoms. The summed E-state index contributed by atoms with van der Waals surface area (Å²) in [5.41, 5.74) is 2.09. The van der Waals surface area contributed by atoms with E-state index < -0.39 is 52.4 Å². The van der Waals surface area contributed by atoms with Gasteiger partial charge in [0.25, 0.3) is 5.69 Å². The zero-order valence-electron chi connectivity index (χ0n) is 20.6. The number of hydrogen-bond acceptors (Lipinski definition) is 8. The number of Topliss-reactive ketones (excluding diaryl/α,β-unsaturated/α-hetero) is 1. The molecule has 2 amide bonds. The number of amides is 2. The van der Waals surface area contributed by atoms with Crippen LogP contribution in [0.4, 0.5) is 11.4 Å². The van der Waals surface area contributed by atoms with Gasteiger partial charge in [-0.25, -0.2) is 4.90 Å². The number of nitro benzene ring substituents is 1. The van der Waals surface area contributed by atoms with Crippen LogP contribution in [0.1, 0.15) is 34.5 Å². The first kappa shape index (κ1) is 24.2. The van der Waals surface area contributed by atoms with Crippen LogP contribution in [0.15, 0.2) is 79.0 Å². The molecule has 0 N–H and O–H groups in total. The average Bonchev–Trinajstić information content (AvgIpc) is 3.41. The minimum Gasteiger partial charge on any atom is -0.427 e. The molecule has 0 aromatic heterocycles. The quantitative estimate of drug-likeness (QED) is 0.123. The van der Waals surface area contributed by atoms with Gasteiger partial charge in [0, 0.05) is 30.8 Å². The zero-order valence-corrected chi connectivity index (χ0v) is 20.6. The number of esters is 1. The first-order valence-electron chi connectivity index (χ1n) is 12.3. The Hall–Kier alpha value is -5.12. The summed E-state index contributed by atoms with van der Waals surface area (Å²) < 4.78 is 5.06. The number of nitro groups is 1. The molecular formula is C29H21N3O7. The van der Waals surface area contributed by atoms with Gasteiger partial charge in [0.05, 0.1) is 28.5 Å². The fraction of sp³-hybridized carbons (Fsp3) is 0.172. The number of nitrogens with zero attached hydrogens (tertiary/aromatic N) is 3. The van der Waals surface area contributed by atoms with Gasteiger partial charge in [-0.3, -0.25) is 29.3 Å². The van der Waals surface area contributed by atoms with E-state index in [1.807, 2.05) is 30.3 Å². The van der Waals surface area contributed by atoms with Crippen molar-refractivity contribution in [3.63, 3.8) is 0 Å². The van der Waals surface area contributed by atoms with Crippen molar-refractivity contribution < 1.29 is 28.8 Å². The third-order valence-corrected chi connectivity index (χ3v) is 7.45. The molecule has 3 aromatic rings. The zero-order chi connectivity index (χ0) is 27.4. The molecule has 3 aromatic carbocycles. The second kappa shape index (κ2) is 9.02. The Kier molecular flexibility index (Phi) is 5.60. The number of anilines is 1. The van der Waals surface area contributed by atoms with Gasteiger partial charge in [-0.15, -0.1) is 0 Å². The molecule has 194 valence electrons. The minimum absolute atomic E-state index is 0.156. The summed E-state index contributed by atoms with van der Waals surface area (Å²) in [4.78, 5) is 66.5. The second-order valence-corrected chi connectivity index (χ2v) is 9.60. The third-order valence-electron chi connectivity index (χ3n) is 7.45. The largest absolute Gasteiger partial charge is 0.427 e. The molecule has 3 aliphatic heterocycles. The number of imide groups is 1. The summed E-state index contributed by atoms with van der Waals surface area (Å²) in [5, 5.41) is 11.1. The molecular weight excluding hydrogens is 502 g/mol. The first-order valence-corrected chi connectivity index (χ1v) is 12.3. The summed E-state index contributed by atoms with van der Waals surface area (Å²) in [6, 6.07) is 17.3. The summed E-state index contributed by atoms with van der Waals surface area (Å²) in [7, 11) is 0. The van der Waals surface area contributed by atoms with Gasteiger partial charge in [0.15, 0.2) is 5.78 Å². The highest BCUT2D eigenvalue weighted by molar-refractivity contribution is 6.24. The molecule has 3 heterocycles. The van der Waals surface area contributed by atoms with Crippen LogP contribution in [0.5, 0.6) is 5.75 Å². The fourth-order valence-corrected chi connectivity index (χ4v) is 5.86. The molecule has 6 rings (SSSR count). The van der Waals surface area contributed by atoms with Crippen molar-refractivity contribution in [2.75, 3.05) is 4.90 Å². The number of ether oxygens (including phenoxy) is 1. The number of carbonyl (C=O) groups excluding carboxylic acids is 4. The monoisotopic (exact) mass is 523 g/mol. The number of carbonyl (C=O) groups is 4. The fourth-order valence-electron chi connectivity index (χ4n) is 5.86. The van der Waals surface area contributed by atoms with Crippen molar-refractivity contribution in [3.8, 4) is 5.75 Å². The minimum atomic E-state index is -0.993. The highest BCUT2D eigenvalue weighted by atomic mass is 16.6. The van der Waals surface area contributed by atoms with Gasteiger partial charge in [-0.1, -0.05) is 24.3 Å². The maximum Gasteiger partial charge on any atom is 0.308 e. The van der Waals surface area contributed by atoms with E-state index in [2.05, 4.69) is 0 Å². The predicted octanol–water partition coefficient (Wildman–Crippen LogP) is 3.92. The lowest BCUT2D eigenvalue weighted by Gasteiger charge is -2.35. The van der Waals surface area contributed by atoms with Gasteiger partial charge < -0.3 is 9.64 Å². The van der Waals surface area contributed by atoms with Crippen molar-refractivity contribution in [3.05, 3.63) is 106 Å². The van der Waals surface area contributed by atoms with Crippen LogP contribution in [0.3, 0.4) is 0 Å². The lowest BCUT2D eigenvalue weighted by molar-refractivity contribution is -0.384. The van der Waals surface area contributed by atoms with E-state index in [1.54, 1.807) is 11.1 Å². The third kappa shape index (κ3) is 3.80. The Labute approximate surface area is 222 Å². The first-order chi connectivity index (χ1) is 18.8. The molecule has 2 fully saturated rings. The smallest absolute Gasteiger partial charge is 0.308 e. The van der Waals surface area contributed by atoms with E-state index in [4.69, 9.17) is 4.74 Å². The molecule has 2 saturated heterocycles. The van der Waals surface area contributed by atoms with Crippen LogP contribution in [0, 0.1) is 22.0 Å². The van der Waals surface area contributed by atoms with E-state index in [1.165, 1.54) is 55.5 Å². The Morgan fingerprint density at radius 2 is 1.56 bits per heavy atom. The number of fused-ring (bicyclic) bond motifs is 5. The Morgan fingerprint density at radius 3 is 2.23 bits per heavy atom. The normalized spacial score (nSPS) is 22.8.